The van der Waals surface area contributed by atoms with Gasteiger partial charge in [0.1, 0.15) is 5.82 Å². The lowest BCUT2D eigenvalue weighted by atomic mass is 9.85. The van der Waals surface area contributed by atoms with E-state index in [4.69, 9.17) is 17.3 Å². The maximum atomic E-state index is 14.5. The summed E-state index contributed by atoms with van der Waals surface area (Å²) in [5, 5.41) is -0.117. The topological polar surface area (TPSA) is 26.0 Å². The molecule has 1 atom stereocenters. The fraction of sp³-hybridized carbons (Fsp3) is 0.455. The molecule has 1 aromatic carbocycles. The number of hydrogen-bond donors (Lipinski definition) is 1. The molecule has 90 valence electrons. The highest BCUT2D eigenvalue weighted by atomic mass is 79.9. The van der Waals surface area contributed by atoms with Gasteiger partial charge in [-0.05, 0) is 27.9 Å². The van der Waals surface area contributed by atoms with Gasteiger partial charge in [-0.15, -0.1) is 0 Å². The lowest BCUT2D eigenvalue weighted by Crippen LogP contribution is -2.36. The van der Waals surface area contributed by atoms with Crippen LogP contribution in [0.3, 0.4) is 0 Å². The standard InChI is InChI=1S/C11H13BrClF2N/c1-6(2)11(15,5-16)7-3-4-8(12)9(13)10(7)14/h3-4,6H,5,16H2,1-2H3. The van der Waals surface area contributed by atoms with E-state index in [1.54, 1.807) is 13.8 Å². The van der Waals surface area contributed by atoms with Crippen LogP contribution in [0.5, 0.6) is 0 Å². The Kier molecular flexibility index (Phi) is 4.32. The third-order valence-electron chi connectivity index (χ3n) is 2.70. The van der Waals surface area contributed by atoms with Crippen molar-refractivity contribution in [1.82, 2.24) is 0 Å². The summed E-state index contributed by atoms with van der Waals surface area (Å²) in [6.45, 7) is 3.03. The number of hydrogen-bond acceptors (Lipinski definition) is 1. The molecule has 1 aromatic rings. The Hall–Kier alpha value is -0.190. The van der Waals surface area contributed by atoms with Crippen molar-refractivity contribution in [1.29, 1.82) is 0 Å². The number of rotatable bonds is 3. The van der Waals surface area contributed by atoms with Gasteiger partial charge in [-0.3, -0.25) is 0 Å². The van der Waals surface area contributed by atoms with Gasteiger partial charge >= 0.3 is 0 Å². The molecular weight excluding hydrogens is 299 g/mol. The van der Waals surface area contributed by atoms with Crippen LogP contribution in [-0.2, 0) is 5.67 Å². The van der Waals surface area contributed by atoms with E-state index in [-0.39, 0.29) is 17.1 Å². The zero-order valence-corrected chi connectivity index (χ0v) is 11.4. The van der Waals surface area contributed by atoms with Gasteiger partial charge in [-0.25, -0.2) is 8.78 Å². The molecule has 0 saturated heterocycles. The normalized spacial score (nSPS) is 15.2. The summed E-state index contributed by atoms with van der Waals surface area (Å²) in [7, 11) is 0. The molecule has 0 aromatic heterocycles. The maximum Gasteiger partial charge on any atom is 0.153 e. The van der Waals surface area contributed by atoms with Crippen LogP contribution >= 0.6 is 27.5 Å². The quantitative estimate of drug-likeness (QED) is 0.838. The summed E-state index contributed by atoms with van der Waals surface area (Å²) in [6, 6.07) is 2.89. The zero-order valence-electron chi connectivity index (χ0n) is 9.03. The van der Waals surface area contributed by atoms with Crippen molar-refractivity contribution < 1.29 is 8.78 Å². The van der Waals surface area contributed by atoms with Crippen LogP contribution in [0.2, 0.25) is 5.02 Å². The van der Waals surface area contributed by atoms with E-state index in [1.807, 2.05) is 0 Å². The Morgan fingerprint density at radius 2 is 2.06 bits per heavy atom. The Balaban J connectivity index is 3.38. The second-order valence-electron chi connectivity index (χ2n) is 3.94. The second-order valence-corrected chi connectivity index (χ2v) is 5.18. The summed E-state index contributed by atoms with van der Waals surface area (Å²) >= 11 is 8.80. The predicted octanol–water partition coefficient (Wildman–Crippen LogP) is 4.02. The van der Waals surface area contributed by atoms with Crippen molar-refractivity contribution in [2.45, 2.75) is 19.5 Å². The lowest BCUT2D eigenvalue weighted by molar-refractivity contribution is 0.104. The fourth-order valence-corrected chi connectivity index (χ4v) is 1.97. The molecule has 2 N–H and O–H groups in total. The van der Waals surface area contributed by atoms with E-state index in [9.17, 15) is 8.78 Å². The van der Waals surface area contributed by atoms with Crippen molar-refractivity contribution in [2.75, 3.05) is 6.54 Å². The van der Waals surface area contributed by atoms with Crippen LogP contribution in [-0.4, -0.2) is 6.54 Å². The Morgan fingerprint density at radius 1 is 1.50 bits per heavy atom. The lowest BCUT2D eigenvalue weighted by Gasteiger charge is -2.29. The predicted molar refractivity (Wildman–Crippen MR) is 65.8 cm³/mol. The number of benzene rings is 1. The van der Waals surface area contributed by atoms with Crippen molar-refractivity contribution in [3.8, 4) is 0 Å². The Morgan fingerprint density at radius 3 is 2.50 bits per heavy atom. The van der Waals surface area contributed by atoms with Gasteiger partial charge < -0.3 is 5.73 Å². The van der Waals surface area contributed by atoms with Crippen LogP contribution in [0.25, 0.3) is 0 Å². The number of nitrogens with two attached hydrogens (primary N) is 1. The fourth-order valence-electron chi connectivity index (χ4n) is 1.50. The molecule has 0 aliphatic heterocycles. The largest absolute Gasteiger partial charge is 0.327 e. The van der Waals surface area contributed by atoms with E-state index in [1.165, 1.54) is 12.1 Å². The average molecular weight is 313 g/mol. The monoisotopic (exact) mass is 311 g/mol. The summed E-state index contributed by atoms with van der Waals surface area (Å²) in [5.74, 6) is -1.18. The molecule has 0 aliphatic rings. The maximum absolute atomic E-state index is 14.5. The molecule has 1 nitrogen and oxygen atoms in total. The molecule has 0 radical (unpaired) electrons. The average Bonchev–Trinajstić information content (AvgIpc) is 2.25. The van der Waals surface area contributed by atoms with Gasteiger partial charge in [-0.1, -0.05) is 31.5 Å². The van der Waals surface area contributed by atoms with Crippen LogP contribution in [0.15, 0.2) is 16.6 Å². The molecule has 1 rings (SSSR count). The highest BCUT2D eigenvalue weighted by molar-refractivity contribution is 9.10. The minimum atomic E-state index is -1.89. The molecule has 0 aliphatic carbocycles. The minimum Gasteiger partial charge on any atom is -0.327 e. The molecule has 16 heavy (non-hydrogen) atoms. The highest BCUT2D eigenvalue weighted by Crippen LogP contribution is 2.38. The van der Waals surface area contributed by atoms with Gasteiger partial charge in [0.2, 0.25) is 0 Å². The van der Waals surface area contributed by atoms with Crippen LogP contribution in [0, 0.1) is 11.7 Å². The first-order valence-electron chi connectivity index (χ1n) is 4.87. The summed E-state index contributed by atoms with van der Waals surface area (Å²) in [6.07, 6.45) is 0. The van der Waals surface area contributed by atoms with Gasteiger partial charge in [-0.2, -0.15) is 0 Å². The molecule has 0 amide bonds. The molecule has 0 fully saturated rings. The first-order chi connectivity index (χ1) is 7.34. The van der Waals surface area contributed by atoms with Crippen molar-refractivity contribution in [3.63, 3.8) is 0 Å². The molecule has 5 heteroatoms. The van der Waals surface area contributed by atoms with Gasteiger partial charge in [0.25, 0.3) is 0 Å². The third kappa shape index (κ3) is 2.24. The third-order valence-corrected chi connectivity index (χ3v) is 3.95. The Labute approximate surface area is 107 Å². The summed E-state index contributed by atoms with van der Waals surface area (Å²) < 4.78 is 28.8. The molecule has 0 spiro atoms. The van der Waals surface area contributed by atoms with Crippen LogP contribution in [0.4, 0.5) is 8.78 Å². The van der Waals surface area contributed by atoms with Crippen LogP contribution in [0.1, 0.15) is 19.4 Å². The summed E-state index contributed by atoms with van der Waals surface area (Å²) in [4.78, 5) is 0. The minimum absolute atomic E-state index is 0.0850. The van der Waals surface area contributed by atoms with Crippen molar-refractivity contribution in [3.05, 3.63) is 33.0 Å². The Bertz CT molecular complexity index is 398. The van der Waals surface area contributed by atoms with Gasteiger partial charge in [0.15, 0.2) is 5.67 Å². The van der Waals surface area contributed by atoms with Crippen molar-refractivity contribution in [2.24, 2.45) is 11.7 Å². The molecule has 1 unspecified atom stereocenters. The molecular formula is C11H13BrClF2N. The molecule has 0 bridgehead atoms. The van der Waals surface area contributed by atoms with E-state index in [0.29, 0.717) is 4.47 Å². The van der Waals surface area contributed by atoms with Crippen molar-refractivity contribution >= 4 is 27.5 Å². The summed E-state index contributed by atoms with van der Waals surface area (Å²) in [5.41, 5.74) is 3.42. The first-order valence-corrected chi connectivity index (χ1v) is 6.04. The number of halogens is 4. The van der Waals surface area contributed by atoms with E-state index in [2.05, 4.69) is 15.9 Å². The SMILES string of the molecule is CC(C)C(F)(CN)c1ccc(Br)c(Cl)c1F. The van der Waals surface area contributed by atoms with Crippen LogP contribution < -0.4 is 5.73 Å². The zero-order chi connectivity index (χ0) is 12.5. The van der Waals surface area contributed by atoms with Gasteiger partial charge in [0, 0.05) is 16.6 Å². The van der Waals surface area contributed by atoms with Gasteiger partial charge in [0.05, 0.1) is 5.02 Å². The van der Waals surface area contributed by atoms with E-state index < -0.39 is 17.4 Å². The smallest absolute Gasteiger partial charge is 0.153 e. The van der Waals surface area contributed by atoms with E-state index >= 15 is 0 Å². The highest BCUT2D eigenvalue weighted by Gasteiger charge is 2.37. The van der Waals surface area contributed by atoms with E-state index in [0.717, 1.165) is 0 Å². The second kappa shape index (κ2) is 4.98. The molecule has 0 saturated carbocycles. The first kappa shape index (κ1) is 13.9. The molecule has 0 heterocycles. The number of alkyl halides is 1.